The predicted molar refractivity (Wildman–Crippen MR) is 176 cm³/mol. The topological polar surface area (TPSA) is 199 Å². The van der Waals surface area contributed by atoms with E-state index in [0.717, 1.165) is 25.7 Å². The summed E-state index contributed by atoms with van der Waals surface area (Å²) in [6, 6.07) is -2.27. The van der Waals surface area contributed by atoms with E-state index in [-0.39, 0.29) is 39.0 Å². The maximum Gasteiger partial charge on any atom is 0.408 e. The van der Waals surface area contributed by atoms with Gasteiger partial charge in [0.2, 0.25) is 21.8 Å². The lowest BCUT2D eigenvalue weighted by Crippen LogP contribution is -2.58. The highest BCUT2D eigenvalue weighted by Gasteiger charge is 2.62. The summed E-state index contributed by atoms with van der Waals surface area (Å²) in [7, 11) is -3.91. The summed E-state index contributed by atoms with van der Waals surface area (Å²) >= 11 is 0. The number of nitrogens with one attached hydrogen (secondary N) is 4. The number of alkyl carbamates (subject to hydrolysis) is 2. The van der Waals surface area contributed by atoms with Gasteiger partial charge in [0.05, 0.1) is 18.4 Å². The second kappa shape index (κ2) is 15.2. The average Bonchev–Trinajstić information content (AvgIpc) is 3.95. The molecule has 0 aromatic rings. The fourth-order valence-electron chi connectivity index (χ4n) is 6.82. The lowest BCUT2D eigenvalue weighted by atomic mass is 9.89. The molecule has 0 bridgehead atoms. The molecule has 1 saturated heterocycles. The summed E-state index contributed by atoms with van der Waals surface area (Å²) in [6.45, 7) is 5.88. The minimum absolute atomic E-state index is 0.0602. The highest BCUT2D eigenvalue weighted by molar-refractivity contribution is 7.91. The normalized spacial score (nSPS) is 30.7. The number of nitrogens with zero attached hydrogens (tertiary/aromatic N) is 1. The smallest absolute Gasteiger partial charge is 0.408 e. The number of amides is 5. The van der Waals surface area contributed by atoms with Gasteiger partial charge in [-0.15, -0.1) is 0 Å². The van der Waals surface area contributed by atoms with Crippen LogP contribution in [0.5, 0.6) is 0 Å². The van der Waals surface area contributed by atoms with Crippen LogP contribution < -0.4 is 20.7 Å². The summed E-state index contributed by atoms with van der Waals surface area (Å²) in [6.07, 6.45) is 8.14. The second-order valence-electron chi connectivity index (χ2n) is 14.9. The van der Waals surface area contributed by atoms with E-state index in [2.05, 4.69) is 20.7 Å². The third kappa shape index (κ3) is 9.86. The van der Waals surface area contributed by atoms with Crippen LogP contribution in [0.3, 0.4) is 0 Å². The van der Waals surface area contributed by atoms with Gasteiger partial charge in [0.25, 0.3) is 5.91 Å². The molecule has 4 N–H and O–H groups in total. The molecule has 3 saturated carbocycles. The third-order valence-corrected chi connectivity index (χ3v) is 11.5. The van der Waals surface area contributed by atoms with Crippen molar-refractivity contribution in [1.82, 2.24) is 25.6 Å². The van der Waals surface area contributed by atoms with Gasteiger partial charge >= 0.3 is 12.2 Å². The van der Waals surface area contributed by atoms with Crippen LogP contribution in [-0.4, -0.2) is 104 Å². The Morgan fingerprint density at radius 2 is 1.78 bits per heavy atom. The van der Waals surface area contributed by atoms with E-state index in [1.54, 1.807) is 32.9 Å². The van der Waals surface area contributed by atoms with Crippen molar-refractivity contribution in [2.24, 2.45) is 11.8 Å². The highest BCUT2D eigenvalue weighted by Crippen LogP contribution is 2.46. The van der Waals surface area contributed by atoms with Gasteiger partial charge in [0.15, 0.2) is 0 Å². The third-order valence-electron chi connectivity index (χ3n) is 9.70. The number of carbonyl (C=O) groups is 5. The van der Waals surface area contributed by atoms with E-state index >= 15 is 0 Å². The Morgan fingerprint density at radius 1 is 1.04 bits per heavy atom. The number of hydrogen-bond acceptors (Lipinski definition) is 10. The van der Waals surface area contributed by atoms with Crippen LogP contribution in [-0.2, 0) is 38.6 Å². The Labute approximate surface area is 288 Å². The van der Waals surface area contributed by atoms with E-state index in [0.29, 0.717) is 31.7 Å². The van der Waals surface area contributed by atoms with Gasteiger partial charge in [0.1, 0.15) is 29.3 Å². The molecule has 0 aromatic heterocycles. The molecule has 2 aliphatic heterocycles. The molecule has 0 spiro atoms. The molecule has 5 rings (SSSR count). The van der Waals surface area contributed by atoms with Crippen LogP contribution in [0.25, 0.3) is 0 Å². The molecule has 274 valence electrons. The van der Waals surface area contributed by atoms with E-state index in [1.165, 1.54) is 11.3 Å². The Hall–Kier alpha value is -3.40. The number of carbonyl (C=O) groups excluding carboxylic acids is 5. The monoisotopic (exact) mass is 709 g/mol. The molecule has 5 unspecified atom stereocenters. The fourth-order valence-corrected chi connectivity index (χ4v) is 8.19. The standard InChI is InChI=1S/C33H51N5O10S/c1-32(2,3)48-31(43)35-25-12-8-16-46-15-7-11-22-18-33(22,29(41)37-49(44,45)24-13-14-24)36-27(39)26-17-23(20-38(26)28(25)40)47-30(42)34-19-21-9-5-4-6-10-21/h7,11,21-26H,4-6,8-10,12-20H2,1-3H3,(H,34,42)(H,35,43)(H,36,39)(H,37,41)/b11-7-. The zero-order valence-electron chi connectivity index (χ0n) is 28.7. The fraction of sp³-hybridized carbons (Fsp3) is 0.788. The van der Waals surface area contributed by atoms with Gasteiger partial charge in [-0.1, -0.05) is 31.4 Å². The molecule has 15 nitrogen and oxygen atoms in total. The molecular formula is C33H51N5O10S. The number of ether oxygens (including phenoxy) is 3. The first kappa shape index (κ1) is 36.9. The Kier molecular flexibility index (Phi) is 11.5. The maximum absolute atomic E-state index is 14.2. The Balaban J connectivity index is 1.36. The van der Waals surface area contributed by atoms with E-state index < -0.39 is 80.4 Å². The van der Waals surface area contributed by atoms with Gasteiger partial charge in [-0.05, 0) is 71.6 Å². The van der Waals surface area contributed by atoms with Crippen LogP contribution in [0.15, 0.2) is 12.2 Å². The zero-order valence-corrected chi connectivity index (χ0v) is 29.5. The Bertz CT molecular complexity index is 1400. The number of sulfonamides is 1. The quantitative estimate of drug-likeness (QED) is 0.284. The minimum atomic E-state index is -3.91. The predicted octanol–water partition coefficient (Wildman–Crippen LogP) is 2.01. The molecule has 49 heavy (non-hydrogen) atoms. The van der Waals surface area contributed by atoms with E-state index in [4.69, 9.17) is 14.2 Å². The maximum atomic E-state index is 14.2. The number of fused-ring (bicyclic) bond motifs is 2. The minimum Gasteiger partial charge on any atom is -0.444 e. The van der Waals surface area contributed by atoms with Crippen LogP contribution >= 0.6 is 0 Å². The van der Waals surface area contributed by atoms with Crippen LogP contribution in [0.2, 0.25) is 0 Å². The van der Waals surface area contributed by atoms with Crippen molar-refractivity contribution < 1.29 is 46.6 Å². The first-order valence-electron chi connectivity index (χ1n) is 17.5. The van der Waals surface area contributed by atoms with Crippen molar-refractivity contribution in [1.29, 1.82) is 0 Å². The number of rotatable bonds is 7. The van der Waals surface area contributed by atoms with Crippen molar-refractivity contribution in [3.63, 3.8) is 0 Å². The first-order chi connectivity index (χ1) is 23.2. The van der Waals surface area contributed by atoms with Crippen molar-refractivity contribution in [3.05, 3.63) is 12.2 Å². The molecule has 2 heterocycles. The molecule has 4 fully saturated rings. The van der Waals surface area contributed by atoms with Gasteiger partial charge in [-0.3, -0.25) is 19.1 Å². The first-order valence-corrected chi connectivity index (χ1v) is 19.1. The van der Waals surface area contributed by atoms with Crippen LogP contribution in [0.4, 0.5) is 9.59 Å². The zero-order chi connectivity index (χ0) is 35.4. The SMILES string of the molecule is CC(C)(C)OC(=O)NC1CCCOC/C=C\C2CC2(C(=O)NS(=O)(=O)C2CC2)NC(=O)C2CC(OC(=O)NCC3CCCCC3)CN2C1=O. The van der Waals surface area contributed by atoms with Crippen molar-refractivity contribution in [2.75, 3.05) is 26.3 Å². The summed E-state index contributed by atoms with van der Waals surface area (Å²) < 4.78 is 44.3. The summed E-state index contributed by atoms with van der Waals surface area (Å²) in [5.74, 6) is -2.27. The lowest BCUT2D eigenvalue weighted by Gasteiger charge is -2.30. The van der Waals surface area contributed by atoms with Gasteiger partial charge in [-0.25, -0.2) is 18.0 Å². The highest BCUT2D eigenvalue weighted by atomic mass is 32.2. The van der Waals surface area contributed by atoms with Gasteiger partial charge < -0.3 is 35.1 Å². The van der Waals surface area contributed by atoms with E-state index in [9.17, 15) is 32.4 Å². The second-order valence-corrected chi connectivity index (χ2v) is 16.9. The molecule has 0 aromatic carbocycles. The molecule has 5 aliphatic rings. The molecule has 16 heteroatoms. The summed E-state index contributed by atoms with van der Waals surface area (Å²) in [5, 5.41) is 7.58. The molecule has 0 radical (unpaired) electrons. The molecule has 3 aliphatic carbocycles. The molecule has 5 amide bonds. The Morgan fingerprint density at radius 3 is 2.47 bits per heavy atom. The van der Waals surface area contributed by atoms with Crippen molar-refractivity contribution in [3.8, 4) is 0 Å². The van der Waals surface area contributed by atoms with Crippen molar-refractivity contribution in [2.45, 2.75) is 126 Å². The van der Waals surface area contributed by atoms with E-state index in [1.807, 2.05) is 0 Å². The number of hydrogen-bond donors (Lipinski definition) is 4. The van der Waals surface area contributed by atoms with Crippen LogP contribution in [0, 0.1) is 11.8 Å². The van der Waals surface area contributed by atoms with Crippen LogP contribution in [0.1, 0.15) is 91.4 Å². The van der Waals surface area contributed by atoms with Gasteiger partial charge in [0, 0.05) is 25.5 Å². The molecular weight excluding hydrogens is 658 g/mol. The summed E-state index contributed by atoms with van der Waals surface area (Å²) in [5.41, 5.74) is -2.39. The average molecular weight is 710 g/mol. The molecule has 5 atom stereocenters. The van der Waals surface area contributed by atoms with Crippen molar-refractivity contribution >= 4 is 39.9 Å². The summed E-state index contributed by atoms with van der Waals surface area (Å²) in [4.78, 5) is 68.6. The van der Waals surface area contributed by atoms with Gasteiger partial charge in [-0.2, -0.15) is 0 Å². The largest absolute Gasteiger partial charge is 0.444 e. The lowest BCUT2D eigenvalue weighted by molar-refractivity contribution is -0.141.